The molecule has 1 aromatic carbocycles. The van der Waals surface area contributed by atoms with Gasteiger partial charge >= 0.3 is 6.18 Å². The Labute approximate surface area is 151 Å². The lowest BCUT2D eigenvalue weighted by molar-refractivity contribution is -0.136. The van der Waals surface area contributed by atoms with E-state index >= 15 is 0 Å². The van der Waals surface area contributed by atoms with E-state index in [-0.39, 0.29) is 11.3 Å². The van der Waals surface area contributed by atoms with E-state index in [0.717, 1.165) is 11.8 Å². The molecule has 0 unspecified atom stereocenters. The number of amides is 1. The smallest absolute Gasteiger partial charge is 0.418 e. The van der Waals surface area contributed by atoms with E-state index in [4.69, 9.17) is 4.42 Å². The number of aryl methyl sites for hydroxylation is 1. The second-order valence-electron chi connectivity index (χ2n) is 5.34. The summed E-state index contributed by atoms with van der Waals surface area (Å²) in [6, 6.07) is 9.84. The van der Waals surface area contributed by atoms with E-state index in [1.807, 2.05) is 0 Å². The minimum atomic E-state index is -4.56. The number of halogens is 3. The Kier molecular flexibility index (Phi) is 4.94. The molecular formula is C18H13F3N2O2S. The van der Waals surface area contributed by atoms with Gasteiger partial charge in [-0.05, 0) is 42.6 Å². The Hall–Kier alpha value is -2.87. The molecule has 26 heavy (non-hydrogen) atoms. The highest BCUT2D eigenvalue weighted by atomic mass is 32.1. The monoisotopic (exact) mass is 378 g/mol. The van der Waals surface area contributed by atoms with Crippen LogP contribution in [0.5, 0.6) is 0 Å². The predicted octanol–water partition coefficient (Wildman–Crippen LogP) is 5.67. The Morgan fingerprint density at radius 2 is 1.96 bits per heavy atom. The van der Waals surface area contributed by atoms with E-state index in [1.54, 1.807) is 24.4 Å². The molecule has 1 amide bonds. The van der Waals surface area contributed by atoms with Crippen molar-refractivity contribution in [3.05, 3.63) is 70.5 Å². The van der Waals surface area contributed by atoms with Gasteiger partial charge in [-0.25, -0.2) is 4.99 Å². The summed E-state index contributed by atoms with van der Waals surface area (Å²) in [5.41, 5.74) is -1.01. The summed E-state index contributed by atoms with van der Waals surface area (Å²) in [5, 5.41) is 4.33. The molecule has 0 saturated carbocycles. The van der Waals surface area contributed by atoms with Crippen LogP contribution in [-0.2, 0) is 6.18 Å². The summed E-state index contributed by atoms with van der Waals surface area (Å²) >= 11 is 1.20. The summed E-state index contributed by atoms with van der Waals surface area (Å²) in [4.78, 5) is 16.6. The number of furan rings is 1. The minimum Gasteiger partial charge on any atom is -0.460 e. The van der Waals surface area contributed by atoms with E-state index in [1.165, 1.54) is 41.8 Å². The van der Waals surface area contributed by atoms with Gasteiger partial charge < -0.3 is 9.73 Å². The molecule has 0 saturated heterocycles. The first-order chi connectivity index (χ1) is 12.3. The molecule has 3 aromatic rings. The number of rotatable bonds is 4. The molecule has 2 aromatic heterocycles. The number of anilines is 1. The number of aliphatic imine (C=N–C) groups is 1. The summed E-state index contributed by atoms with van der Waals surface area (Å²) in [5.74, 6) is 0.578. The van der Waals surface area contributed by atoms with Crippen molar-refractivity contribution in [3.63, 3.8) is 0 Å². The lowest BCUT2D eigenvalue weighted by Gasteiger charge is -2.13. The number of hydrogen-bond acceptors (Lipinski definition) is 4. The molecule has 3 rings (SSSR count). The fraction of sp³-hybridized carbons (Fsp3) is 0.111. The van der Waals surface area contributed by atoms with E-state index < -0.39 is 17.6 Å². The maximum atomic E-state index is 13.0. The molecule has 0 bridgehead atoms. The van der Waals surface area contributed by atoms with Crippen molar-refractivity contribution in [2.75, 3.05) is 5.32 Å². The number of carbonyl (C=O) groups is 1. The van der Waals surface area contributed by atoms with Gasteiger partial charge in [-0.1, -0.05) is 12.1 Å². The zero-order valence-corrected chi connectivity index (χ0v) is 14.3. The SMILES string of the molecule is Cc1ccc(/C=N/c2sccc2C(=O)Nc2ccccc2C(F)(F)F)o1. The fourth-order valence-corrected chi connectivity index (χ4v) is 2.98. The Morgan fingerprint density at radius 3 is 2.65 bits per heavy atom. The molecule has 2 heterocycles. The van der Waals surface area contributed by atoms with Crippen molar-refractivity contribution in [1.29, 1.82) is 0 Å². The highest BCUT2D eigenvalue weighted by Gasteiger charge is 2.33. The van der Waals surface area contributed by atoms with Gasteiger partial charge in [0.25, 0.3) is 5.91 Å². The van der Waals surface area contributed by atoms with Crippen molar-refractivity contribution in [2.45, 2.75) is 13.1 Å². The van der Waals surface area contributed by atoms with Crippen LogP contribution in [0.15, 0.2) is 57.3 Å². The van der Waals surface area contributed by atoms with Gasteiger partial charge in [-0.2, -0.15) is 13.2 Å². The molecule has 0 spiro atoms. The van der Waals surface area contributed by atoms with E-state index in [9.17, 15) is 18.0 Å². The van der Waals surface area contributed by atoms with Crippen LogP contribution < -0.4 is 5.32 Å². The van der Waals surface area contributed by atoms with Crippen molar-refractivity contribution >= 4 is 34.1 Å². The second kappa shape index (κ2) is 7.17. The minimum absolute atomic E-state index is 0.187. The second-order valence-corrected chi connectivity index (χ2v) is 6.24. The quantitative estimate of drug-likeness (QED) is 0.595. The standard InChI is InChI=1S/C18H13F3N2O2S/c1-11-6-7-12(25-11)10-22-17-13(8-9-26-17)16(24)23-15-5-3-2-4-14(15)18(19,20)21/h2-10H,1H3,(H,23,24)/b22-10+. The van der Waals surface area contributed by atoms with Gasteiger partial charge in [0.05, 0.1) is 23.0 Å². The Bertz CT molecular complexity index is 957. The highest BCUT2D eigenvalue weighted by molar-refractivity contribution is 7.14. The molecule has 0 aliphatic rings. The first kappa shape index (κ1) is 17.9. The maximum Gasteiger partial charge on any atom is 0.418 e. The molecule has 134 valence electrons. The fourth-order valence-electron chi connectivity index (χ4n) is 2.25. The van der Waals surface area contributed by atoms with Crippen molar-refractivity contribution < 1.29 is 22.4 Å². The first-order valence-corrected chi connectivity index (χ1v) is 8.38. The number of para-hydroxylation sites is 1. The van der Waals surface area contributed by atoms with Gasteiger partial charge in [0.15, 0.2) is 0 Å². The largest absolute Gasteiger partial charge is 0.460 e. The molecule has 0 aliphatic carbocycles. The molecular weight excluding hydrogens is 365 g/mol. The molecule has 8 heteroatoms. The molecule has 0 aliphatic heterocycles. The first-order valence-electron chi connectivity index (χ1n) is 7.50. The van der Waals surface area contributed by atoms with Crippen LogP contribution in [0.4, 0.5) is 23.9 Å². The number of nitrogens with one attached hydrogen (secondary N) is 1. The number of hydrogen-bond donors (Lipinski definition) is 1. The van der Waals surface area contributed by atoms with Crippen LogP contribution in [0, 0.1) is 6.92 Å². The number of carbonyl (C=O) groups excluding carboxylic acids is 1. The average molecular weight is 378 g/mol. The third kappa shape index (κ3) is 4.02. The van der Waals surface area contributed by atoms with Gasteiger partial charge in [-0.3, -0.25) is 4.79 Å². The number of benzene rings is 1. The third-order valence-corrected chi connectivity index (χ3v) is 4.26. The normalized spacial score (nSPS) is 11.8. The number of alkyl halides is 3. The molecule has 1 N–H and O–H groups in total. The summed E-state index contributed by atoms with van der Waals surface area (Å²) in [7, 11) is 0. The average Bonchev–Trinajstić information content (AvgIpc) is 3.21. The van der Waals surface area contributed by atoms with Gasteiger partial charge in [-0.15, -0.1) is 11.3 Å². The summed E-state index contributed by atoms with van der Waals surface area (Å²) in [6.45, 7) is 1.79. The van der Waals surface area contributed by atoms with Crippen LogP contribution in [0.2, 0.25) is 0 Å². The van der Waals surface area contributed by atoms with Gasteiger partial charge in [0.1, 0.15) is 16.5 Å². The van der Waals surface area contributed by atoms with Crippen LogP contribution in [0.1, 0.15) is 27.4 Å². The zero-order valence-electron chi connectivity index (χ0n) is 13.5. The summed E-state index contributed by atoms with van der Waals surface area (Å²) < 4.78 is 44.5. The summed E-state index contributed by atoms with van der Waals surface area (Å²) in [6.07, 6.45) is -3.10. The molecule has 0 fully saturated rings. The lowest BCUT2D eigenvalue weighted by atomic mass is 10.1. The van der Waals surface area contributed by atoms with Crippen molar-refractivity contribution in [1.82, 2.24) is 0 Å². The molecule has 0 radical (unpaired) electrons. The van der Waals surface area contributed by atoms with Crippen molar-refractivity contribution in [2.24, 2.45) is 4.99 Å². The number of nitrogens with zero attached hydrogens (tertiary/aromatic N) is 1. The van der Waals surface area contributed by atoms with E-state index in [2.05, 4.69) is 10.3 Å². The topological polar surface area (TPSA) is 54.6 Å². The van der Waals surface area contributed by atoms with Crippen LogP contribution in [-0.4, -0.2) is 12.1 Å². The van der Waals surface area contributed by atoms with Gasteiger partial charge in [0.2, 0.25) is 0 Å². The van der Waals surface area contributed by atoms with E-state index in [0.29, 0.717) is 10.8 Å². The highest BCUT2D eigenvalue weighted by Crippen LogP contribution is 2.35. The third-order valence-electron chi connectivity index (χ3n) is 3.44. The lowest BCUT2D eigenvalue weighted by Crippen LogP contribution is -2.16. The Balaban J connectivity index is 1.82. The number of thiophene rings is 1. The maximum absolute atomic E-state index is 13.0. The predicted molar refractivity (Wildman–Crippen MR) is 94.4 cm³/mol. The Morgan fingerprint density at radius 1 is 1.19 bits per heavy atom. The van der Waals surface area contributed by atoms with Crippen LogP contribution in [0.25, 0.3) is 0 Å². The van der Waals surface area contributed by atoms with Crippen LogP contribution in [0.3, 0.4) is 0 Å². The molecule has 4 nitrogen and oxygen atoms in total. The van der Waals surface area contributed by atoms with Gasteiger partial charge in [0, 0.05) is 0 Å². The zero-order chi connectivity index (χ0) is 18.7. The molecule has 0 atom stereocenters. The van der Waals surface area contributed by atoms with Crippen molar-refractivity contribution in [3.8, 4) is 0 Å². The van der Waals surface area contributed by atoms with Crippen LogP contribution >= 0.6 is 11.3 Å².